The molecular weight excluding hydrogens is 644 g/mol. The molecule has 4 rings (SSSR count). The molecule has 1 fully saturated rings. The van der Waals surface area contributed by atoms with Crippen LogP contribution in [0.2, 0.25) is 0 Å². The van der Waals surface area contributed by atoms with E-state index in [-0.39, 0.29) is 55.0 Å². The van der Waals surface area contributed by atoms with Crippen molar-refractivity contribution in [3.8, 4) is 17.1 Å². The number of fused-ring (bicyclic) bond motifs is 1. The molecule has 1 aromatic carbocycles. The number of aromatic amines is 1. The van der Waals surface area contributed by atoms with Gasteiger partial charge in [-0.15, -0.1) is 10.1 Å². The molecular formula is C32H46N6O9S. The van der Waals surface area contributed by atoms with Crippen molar-refractivity contribution in [2.75, 3.05) is 52.5 Å². The largest absolute Gasteiger partial charge is 0.493 e. The Morgan fingerprint density at radius 3 is 2.50 bits per heavy atom. The van der Waals surface area contributed by atoms with Gasteiger partial charge in [0.1, 0.15) is 23.7 Å². The van der Waals surface area contributed by atoms with E-state index in [1.807, 2.05) is 29.5 Å². The molecule has 16 heteroatoms. The molecule has 0 bridgehead atoms. The normalized spacial score (nSPS) is 14.3. The number of H-pyrrole nitrogens is 1. The predicted octanol–water partition coefficient (Wildman–Crippen LogP) is 3.77. The Kier molecular flexibility index (Phi) is 13.3. The smallest absolute Gasteiger partial charge is 0.305 e. The fourth-order valence-electron chi connectivity index (χ4n) is 5.68. The van der Waals surface area contributed by atoms with E-state index in [0.717, 1.165) is 24.8 Å². The fraction of sp³-hybridized carbons (Fsp3) is 0.594. The fourth-order valence-corrected chi connectivity index (χ4v) is 7.13. The van der Waals surface area contributed by atoms with Crippen LogP contribution in [0.1, 0.15) is 64.9 Å². The molecule has 0 atom stereocenters. The van der Waals surface area contributed by atoms with Crippen molar-refractivity contribution in [2.45, 2.75) is 77.2 Å². The molecule has 1 saturated heterocycles. The van der Waals surface area contributed by atoms with Gasteiger partial charge in [0.25, 0.3) is 10.6 Å². The third-order valence-electron chi connectivity index (χ3n) is 8.19. The highest BCUT2D eigenvalue weighted by molar-refractivity contribution is 7.89. The maximum Gasteiger partial charge on any atom is 0.305 e. The predicted molar refractivity (Wildman–Crippen MR) is 179 cm³/mol. The number of aromatic nitrogens is 3. The van der Waals surface area contributed by atoms with E-state index in [4.69, 9.17) is 14.5 Å². The zero-order chi connectivity index (χ0) is 34.7. The number of piperazine rings is 1. The van der Waals surface area contributed by atoms with E-state index in [1.54, 1.807) is 6.07 Å². The number of benzene rings is 1. The number of unbranched alkanes of at least 4 members (excludes halogenated alkanes) is 2. The number of hydrogen-bond acceptors (Lipinski definition) is 11. The van der Waals surface area contributed by atoms with Crippen molar-refractivity contribution in [2.24, 2.45) is 0 Å². The number of aryl methyl sites for hydroxylation is 2. The molecule has 0 aliphatic carbocycles. The molecule has 0 amide bonds. The van der Waals surface area contributed by atoms with Crippen LogP contribution in [0, 0.1) is 10.1 Å². The third kappa shape index (κ3) is 9.32. The number of carbonyl (C=O) groups is 1. The lowest BCUT2D eigenvalue weighted by Crippen LogP contribution is -2.49. The Hall–Kier alpha value is -4.02. The Morgan fingerprint density at radius 1 is 1.04 bits per heavy atom. The summed E-state index contributed by atoms with van der Waals surface area (Å²) in [6, 6.07) is 4.68. The van der Waals surface area contributed by atoms with Gasteiger partial charge in [0, 0.05) is 51.9 Å². The summed E-state index contributed by atoms with van der Waals surface area (Å²) >= 11 is 0. The van der Waals surface area contributed by atoms with Gasteiger partial charge in [0.2, 0.25) is 10.0 Å². The Morgan fingerprint density at radius 2 is 1.81 bits per heavy atom. The second-order valence-electron chi connectivity index (χ2n) is 11.6. The summed E-state index contributed by atoms with van der Waals surface area (Å²) in [5, 5.41) is 9.32. The van der Waals surface area contributed by atoms with Gasteiger partial charge in [0.05, 0.1) is 29.2 Å². The minimum absolute atomic E-state index is 0.00604. The molecule has 0 unspecified atom stereocenters. The molecule has 0 saturated carbocycles. The average molecular weight is 691 g/mol. The van der Waals surface area contributed by atoms with E-state index in [9.17, 15) is 28.1 Å². The van der Waals surface area contributed by atoms with Gasteiger partial charge >= 0.3 is 5.97 Å². The lowest BCUT2D eigenvalue weighted by atomic mass is 10.1. The van der Waals surface area contributed by atoms with Gasteiger partial charge in [-0.2, -0.15) is 4.31 Å². The van der Waals surface area contributed by atoms with Crippen molar-refractivity contribution in [3.63, 3.8) is 0 Å². The van der Waals surface area contributed by atoms with Crippen LogP contribution in [-0.4, -0.2) is 95.8 Å². The summed E-state index contributed by atoms with van der Waals surface area (Å²) in [5.74, 6) is 0.353. The Balaban J connectivity index is 1.42. The van der Waals surface area contributed by atoms with Crippen LogP contribution < -0.4 is 10.3 Å². The van der Waals surface area contributed by atoms with Crippen molar-refractivity contribution < 1.29 is 32.6 Å². The lowest BCUT2D eigenvalue weighted by molar-refractivity contribution is -0.757. The number of ether oxygens (including phenoxy) is 2. The summed E-state index contributed by atoms with van der Waals surface area (Å²) in [6.07, 6.45) is 6.22. The third-order valence-corrected chi connectivity index (χ3v) is 10.1. The average Bonchev–Trinajstić information content (AvgIpc) is 3.43. The van der Waals surface area contributed by atoms with Crippen molar-refractivity contribution in [1.82, 2.24) is 23.7 Å². The highest BCUT2D eigenvalue weighted by Crippen LogP contribution is 2.33. The zero-order valence-electron chi connectivity index (χ0n) is 27.9. The quantitative estimate of drug-likeness (QED) is 0.0838. The molecule has 1 aliphatic rings. The highest BCUT2D eigenvalue weighted by Gasteiger charge is 2.30. The van der Waals surface area contributed by atoms with Crippen molar-refractivity contribution in [1.29, 1.82) is 0 Å². The number of nitrogens with one attached hydrogen (secondary N) is 1. The molecule has 3 heterocycles. The van der Waals surface area contributed by atoms with Crippen LogP contribution in [0.25, 0.3) is 22.4 Å². The Labute approximate surface area is 280 Å². The number of esters is 1. The second kappa shape index (κ2) is 17.4. The molecule has 15 nitrogen and oxygen atoms in total. The van der Waals surface area contributed by atoms with Crippen molar-refractivity contribution in [3.05, 3.63) is 50.4 Å². The molecule has 1 N–H and O–H groups in total. The maximum absolute atomic E-state index is 13.8. The molecule has 264 valence electrons. The summed E-state index contributed by atoms with van der Waals surface area (Å²) in [7, 11) is -3.88. The number of carbonyl (C=O) groups excluding carboxylic acids is 1. The molecule has 3 aromatic rings. The number of nitrogens with zero attached hydrogens (tertiary/aromatic N) is 5. The van der Waals surface area contributed by atoms with E-state index >= 15 is 0 Å². The van der Waals surface area contributed by atoms with Crippen LogP contribution >= 0.6 is 0 Å². The van der Waals surface area contributed by atoms with E-state index in [2.05, 4.69) is 16.7 Å². The van der Waals surface area contributed by atoms with Crippen LogP contribution in [-0.2, 0) is 37.4 Å². The van der Waals surface area contributed by atoms with Gasteiger partial charge in [-0.3, -0.25) is 14.5 Å². The first-order valence-corrected chi connectivity index (χ1v) is 18.1. The highest BCUT2D eigenvalue weighted by atomic mass is 32.2. The first-order chi connectivity index (χ1) is 23.1. The monoisotopic (exact) mass is 690 g/mol. The summed E-state index contributed by atoms with van der Waals surface area (Å²) in [4.78, 5) is 49.6. The van der Waals surface area contributed by atoms with Gasteiger partial charge in [-0.05, 0) is 56.4 Å². The summed E-state index contributed by atoms with van der Waals surface area (Å²) in [6.45, 7) is 9.18. The van der Waals surface area contributed by atoms with Crippen LogP contribution in [0.3, 0.4) is 0 Å². The van der Waals surface area contributed by atoms with Crippen LogP contribution in [0.5, 0.6) is 5.75 Å². The van der Waals surface area contributed by atoms with E-state index in [1.165, 1.54) is 16.4 Å². The standard InChI is InChI=1S/C32H46N6O9S/c1-4-10-24-23-36(6-3)30-29(24)33-31(34-32(30)40)26-22-25(12-13-27(26)45-19-5-2)48(43,44)37-16-14-35(15-17-37)18-21-46-28(39)11-8-7-9-20-47-38(41)42/h12-13,22-23H,4-11,14-21H2,1-3H3,(H,33,34,40). The first kappa shape index (κ1) is 36.8. The van der Waals surface area contributed by atoms with E-state index in [0.29, 0.717) is 74.4 Å². The van der Waals surface area contributed by atoms with Gasteiger partial charge in [-0.25, -0.2) is 13.4 Å². The topological polar surface area (TPSA) is 179 Å². The van der Waals surface area contributed by atoms with Gasteiger partial charge in [-0.1, -0.05) is 26.7 Å². The second-order valence-corrected chi connectivity index (χ2v) is 13.6. The summed E-state index contributed by atoms with van der Waals surface area (Å²) in [5.41, 5.74) is 2.17. The number of sulfonamides is 1. The maximum atomic E-state index is 13.8. The molecule has 48 heavy (non-hydrogen) atoms. The van der Waals surface area contributed by atoms with E-state index < -0.39 is 15.1 Å². The van der Waals surface area contributed by atoms with Crippen LogP contribution in [0.15, 0.2) is 34.1 Å². The summed E-state index contributed by atoms with van der Waals surface area (Å²) < 4.78 is 42.3. The van der Waals surface area contributed by atoms with Gasteiger partial charge in [0.15, 0.2) is 0 Å². The minimum Gasteiger partial charge on any atom is -0.493 e. The van der Waals surface area contributed by atoms with Crippen molar-refractivity contribution >= 4 is 27.0 Å². The number of rotatable bonds is 19. The molecule has 0 radical (unpaired) electrons. The molecule has 2 aromatic heterocycles. The molecule has 1 aliphatic heterocycles. The minimum atomic E-state index is -3.88. The molecule has 0 spiro atoms. The zero-order valence-corrected chi connectivity index (χ0v) is 28.8. The van der Waals surface area contributed by atoms with Gasteiger partial charge < -0.3 is 23.9 Å². The Bertz CT molecular complexity index is 1710. The first-order valence-electron chi connectivity index (χ1n) is 16.6. The SMILES string of the molecule is CCCOc1ccc(S(=O)(=O)N2CCN(CCOC(=O)CCCCCO[N+](=O)[O-])CC2)cc1-c1nc2c(CCC)cn(CC)c2c(=O)[nH]1. The van der Waals surface area contributed by atoms with Crippen LogP contribution in [0.4, 0.5) is 0 Å². The lowest BCUT2D eigenvalue weighted by Gasteiger charge is -2.33. The number of hydrogen-bond donors (Lipinski definition) is 1.